The molecule has 4 aliphatic carbocycles. The van der Waals surface area contributed by atoms with E-state index in [2.05, 4.69) is 26.8 Å². The van der Waals surface area contributed by atoms with Gasteiger partial charge in [0, 0.05) is 0 Å². The van der Waals surface area contributed by atoms with Gasteiger partial charge < -0.3 is 5.11 Å². The lowest BCUT2D eigenvalue weighted by atomic mass is 9.47. The summed E-state index contributed by atoms with van der Waals surface area (Å²) in [6.45, 7) is 7.56. The lowest BCUT2D eigenvalue weighted by molar-refractivity contribution is -0.0508. The first-order valence-electron chi connectivity index (χ1n) is 11.9. The Hall–Kier alpha value is -0.300. The predicted molar refractivity (Wildman–Crippen MR) is 110 cm³/mol. The van der Waals surface area contributed by atoms with Gasteiger partial charge in [-0.3, -0.25) is 0 Å². The Balaban J connectivity index is 1.49. The molecule has 3 fully saturated rings. The van der Waals surface area contributed by atoms with Crippen LogP contribution < -0.4 is 0 Å². The van der Waals surface area contributed by atoms with Crippen LogP contribution in [0.15, 0.2) is 11.6 Å². The summed E-state index contributed by atoms with van der Waals surface area (Å²) in [6, 6.07) is 0. The Morgan fingerprint density at radius 1 is 1.00 bits per heavy atom. The lowest BCUT2D eigenvalue weighted by Crippen LogP contribution is -2.50. The molecule has 0 aromatic heterocycles. The third-order valence-corrected chi connectivity index (χ3v) is 9.68. The van der Waals surface area contributed by atoms with Crippen molar-refractivity contribution in [2.24, 2.45) is 34.5 Å². The van der Waals surface area contributed by atoms with Gasteiger partial charge in [-0.1, -0.05) is 58.1 Å². The van der Waals surface area contributed by atoms with Crippen molar-refractivity contribution in [3.05, 3.63) is 11.6 Å². The van der Waals surface area contributed by atoms with Crippen LogP contribution in [0.1, 0.15) is 104 Å². The highest BCUT2D eigenvalue weighted by Gasteiger charge is 2.58. The molecule has 0 radical (unpaired) electrons. The summed E-state index contributed by atoms with van der Waals surface area (Å²) in [4.78, 5) is 0. The molecule has 7 atom stereocenters. The summed E-state index contributed by atoms with van der Waals surface area (Å²) in [5, 5.41) is 10.2. The summed E-state index contributed by atoms with van der Waals surface area (Å²) in [5.74, 6) is 3.79. The molecular weight excluding hydrogens is 316 g/mol. The summed E-state index contributed by atoms with van der Waals surface area (Å²) in [6.07, 6.45) is 20.2. The zero-order valence-corrected chi connectivity index (χ0v) is 17.6. The van der Waals surface area contributed by atoms with E-state index in [1.54, 1.807) is 5.57 Å². The lowest BCUT2D eigenvalue weighted by Gasteiger charge is -2.58. The molecule has 1 nitrogen and oxygen atoms in total. The summed E-state index contributed by atoms with van der Waals surface area (Å²) >= 11 is 0. The van der Waals surface area contributed by atoms with E-state index in [0.29, 0.717) is 10.8 Å². The Kier molecular flexibility index (Phi) is 5.32. The molecule has 0 bridgehead atoms. The Labute approximate surface area is 162 Å². The van der Waals surface area contributed by atoms with Gasteiger partial charge in [0.15, 0.2) is 0 Å². The average Bonchev–Trinajstić information content (AvgIpc) is 2.96. The smallest absolute Gasteiger partial charge is 0.0577 e. The summed E-state index contributed by atoms with van der Waals surface area (Å²) < 4.78 is 0. The summed E-state index contributed by atoms with van der Waals surface area (Å²) in [5.41, 5.74) is 2.65. The van der Waals surface area contributed by atoms with Gasteiger partial charge in [-0.15, -0.1) is 0 Å². The molecule has 26 heavy (non-hydrogen) atoms. The highest BCUT2D eigenvalue weighted by atomic mass is 16.3. The van der Waals surface area contributed by atoms with Crippen LogP contribution in [-0.2, 0) is 0 Å². The highest BCUT2D eigenvalue weighted by molar-refractivity contribution is 5.25. The molecule has 4 rings (SSSR count). The quantitative estimate of drug-likeness (QED) is 0.419. The normalized spacial score (nSPS) is 47.7. The molecule has 1 N–H and O–H groups in total. The van der Waals surface area contributed by atoms with Gasteiger partial charge in [-0.25, -0.2) is 0 Å². The summed E-state index contributed by atoms with van der Waals surface area (Å²) in [7, 11) is 0. The zero-order chi connectivity index (χ0) is 18.4. The minimum Gasteiger partial charge on any atom is -0.393 e. The van der Waals surface area contributed by atoms with Crippen molar-refractivity contribution in [2.45, 2.75) is 110 Å². The molecule has 0 amide bonds. The third-order valence-electron chi connectivity index (χ3n) is 9.68. The largest absolute Gasteiger partial charge is 0.393 e. The first-order valence-corrected chi connectivity index (χ1v) is 11.9. The van der Waals surface area contributed by atoms with Crippen molar-refractivity contribution in [2.75, 3.05) is 0 Å². The van der Waals surface area contributed by atoms with E-state index in [-0.39, 0.29) is 6.10 Å². The van der Waals surface area contributed by atoms with Crippen molar-refractivity contribution in [1.29, 1.82) is 0 Å². The zero-order valence-electron chi connectivity index (χ0n) is 17.6. The van der Waals surface area contributed by atoms with E-state index in [4.69, 9.17) is 0 Å². The monoisotopic (exact) mass is 358 g/mol. The van der Waals surface area contributed by atoms with Crippen molar-refractivity contribution in [3.63, 3.8) is 0 Å². The van der Waals surface area contributed by atoms with Gasteiger partial charge in [-0.2, -0.15) is 0 Å². The number of hydrogen-bond donors (Lipinski definition) is 1. The molecule has 3 saturated carbocycles. The Morgan fingerprint density at radius 3 is 2.65 bits per heavy atom. The van der Waals surface area contributed by atoms with Gasteiger partial charge in [0.2, 0.25) is 0 Å². The molecule has 4 aliphatic rings. The minimum absolute atomic E-state index is 0.0706. The number of aliphatic hydroxyl groups is 1. The van der Waals surface area contributed by atoms with E-state index in [1.165, 1.54) is 70.6 Å². The fraction of sp³-hybridized carbons (Fsp3) is 0.920. The van der Waals surface area contributed by atoms with Crippen LogP contribution in [0.3, 0.4) is 0 Å². The number of aliphatic hydroxyl groups excluding tert-OH is 1. The second-order valence-electron chi connectivity index (χ2n) is 10.8. The van der Waals surface area contributed by atoms with Crippen molar-refractivity contribution in [3.8, 4) is 0 Å². The maximum atomic E-state index is 10.2. The van der Waals surface area contributed by atoms with Gasteiger partial charge >= 0.3 is 0 Å². The van der Waals surface area contributed by atoms with Crippen LogP contribution in [0.25, 0.3) is 0 Å². The fourth-order valence-corrected chi connectivity index (χ4v) is 8.04. The predicted octanol–water partition coefficient (Wildman–Crippen LogP) is 6.90. The molecule has 0 aromatic carbocycles. The molecule has 1 heteroatoms. The maximum absolute atomic E-state index is 10.2. The SMILES string of the molecule is CCCCCCC1CCC2C3CC=C4CC(O)CCC4(C)C3CCC12C. The van der Waals surface area contributed by atoms with Gasteiger partial charge in [0.1, 0.15) is 0 Å². The van der Waals surface area contributed by atoms with E-state index in [1.807, 2.05) is 0 Å². The number of allylic oxidation sites excluding steroid dienone is 1. The first kappa shape index (κ1) is 19.0. The third kappa shape index (κ3) is 3.01. The Morgan fingerprint density at radius 2 is 1.85 bits per heavy atom. The second-order valence-corrected chi connectivity index (χ2v) is 10.8. The molecule has 0 saturated heterocycles. The standard InChI is InChI=1S/C25H42O/c1-4-5-6-7-8-18-10-12-22-21-11-9-19-17-20(26)13-15-25(19,3)23(21)14-16-24(18,22)2/h9,18,20-23,26H,4-8,10-17H2,1-3H3. The van der Waals surface area contributed by atoms with Crippen molar-refractivity contribution in [1.82, 2.24) is 0 Å². The molecule has 0 aliphatic heterocycles. The van der Waals surface area contributed by atoms with Gasteiger partial charge in [-0.05, 0) is 92.3 Å². The van der Waals surface area contributed by atoms with Crippen LogP contribution in [-0.4, -0.2) is 11.2 Å². The molecular formula is C25H42O. The Bertz CT molecular complexity index is 536. The van der Waals surface area contributed by atoms with Crippen molar-refractivity contribution < 1.29 is 5.11 Å². The second kappa shape index (κ2) is 7.26. The van der Waals surface area contributed by atoms with Gasteiger partial charge in [0.05, 0.1) is 6.10 Å². The molecule has 148 valence electrons. The molecule has 0 aromatic rings. The molecule has 0 heterocycles. The maximum Gasteiger partial charge on any atom is 0.0577 e. The van der Waals surface area contributed by atoms with Crippen molar-refractivity contribution >= 4 is 0 Å². The van der Waals surface area contributed by atoms with Crippen LogP contribution in [0.2, 0.25) is 0 Å². The minimum atomic E-state index is -0.0706. The van der Waals surface area contributed by atoms with Crippen LogP contribution >= 0.6 is 0 Å². The first-order chi connectivity index (χ1) is 12.5. The van der Waals surface area contributed by atoms with E-state index < -0.39 is 0 Å². The topological polar surface area (TPSA) is 20.2 Å². The van der Waals surface area contributed by atoms with Gasteiger partial charge in [0.25, 0.3) is 0 Å². The van der Waals surface area contributed by atoms with Crippen LogP contribution in [0.5, 0.6) is 0 Å². The van der Waals surface area contributed by atoms with E-state index >= 15 is 0 Å². The van der Waals surface area contributed by atoms with Crippen LogP contribution in [0, 0.1) is 34.5 Å². The van der Waals surface area contributed by atoms with Crippen LogP contribution in [0.4, 0.5) is 0 Å². The molecule has 0 spiro atoms. The number of rotatable bonds is 5. The van der Waals surface area contributed by atoms with E-state index in [9.17, 15) is 5.11 Å². The average molecular weight is 359 g/mol. The van der Waals surface area contributed by atoms with E-state index in [0.717, 1.165) is 36.5 Å². The highest BCUT2D eigenvalue weighted by Crippen LogP contribution is 2.66. The molecule has 7 unspecified atom stereocenters. The number of hydrogen-bond acceptors (Lipinski definition) is 1. The number of unbranched alkanes of at least 4 members (excludes halogenated alkanes) is 3. The number of fused-ring (bicyclic) bond motifs is 5. The fourth-order valence-electron chi connectivity index (χ4n) is 8.04.